The molecule has 1 aromatic heterocycles. The fraction of sp³-hybridized carbons (Fsp3) is 0.333. The average Bonchev–Trinajstić information content (AvgIpc) is 3.27. The summed E-state index contributed by atoms with van der Waals surface area (Å²) in [5, 5.41) is 9.74. The van der Waals surface area contributed by atoms with Crippen LogP contribution in [0.2, 0.25) is 5.02 Å². The Balaban J connectivity index is 1.18. The van der Waals surface area contributed by atoms with Crippen LogP contribution in [0.3, 0.4) is 0 Å². The molecule has 0 spiro atoms. The van der Waals surface area contributed by atoms with Gasteiger partial charge in [0.1, 0.15) is 23.8 Å². The molecule has 3 heterocycles. The van der Waals surface area contributed by atoms with Crippen LogP contribution < -0.4 is 14.2 Å². The van der Waals surface area contributed by atoms with Crippen molar-refractivity contribution in [3.63, 3.8) is 0 Å². The normalized spacial score (nSPS) is 17.6. The number of aromatic carboxylic acids is 1. The molecule has 0 amide bonds. The molecule has 0 aliphatic carbocycles. The number of likely N-dealkylation sites (tertiary alicyclic amines) is 1. The van der Waals surface area contributed by atoms with Gasteiger partial charge in [0.2, 0.25) is 0 Å². The second kappa shape index (κ2) is 11.4. The number of hydrogen-bond donors (Lipinski definition) is 1. The Morgan fingerprint density at radius 1 is 1.17 bits per heavy atom. The van der Waals surface area contributed by atoms with Crippen molar-refractivity contribution in [2.24, 2.45) is 7.05 Å². The van der Waals surface area contributed by atoms with Crippen molar-refractivity contribution in [2.75, 3.05) is 19.7 Å². The number of para-hydroxylation sites is 1. The number of benzene rings is 3. The van der Waals surface area contributed by atoms with Crippen LogP contribution >= 0.6 is 11.6 Å². The number of alkyl halides is 2. The summed E-state index contributed by atoms with van der Waals surface area (Å²) in [6.45, 7) is -1.02. The van der Waals surface area contributed by atoms with E-state index in [0.717, 1.165) is 37.6 Å². The highest BCUT2D eigenvalue weighted by molar-refractivity contribution is 6.30. The van der Waals surface area contributed by atoms with E-state index in [1.165, 1.54) is 12.1 Å². The smallest absolute Gasteiger partial charge is 0.387 e. The molecule has 8 nitrogen and oxygen atoms in total. The molecule has 6 rings (SSSR count). The number of nitrogens with zero attached hydrogens (tertiary/aromatic N) is 3. The van der Waals surface area contributed by atoms with Gasteiger partial charge in [-0.1, -0.05) is 29.8 Å². The first-order valence-electron chi connectivity index (χ1n) is 13.4. The second-order valence-electron chi connectivity index (χ2n) is 10.4. The van der Waals surface area contributed by atoms with Crippen LogP contribution in [0, 0.1) is 5.82 Å². The summed E-state index contributed by atoms with van der Waals surface area (Å²) in [4.78, 5) is 18.3. The summed E-state index contributed by atoms with van der Waals surface area (Å²) in [7, 11) is 1.72. The van der Waals surface area contributed by atoms with Gasteiger partial charge in [-0.25, -0.2) is 14.2 Å². The van der Waals surface area contributed by atoms with Gasteiger partial charge in [0.15, 0.2) is 23.4 Å². The lowest BCUT2D eigenvalue weighted by atomic mass is 9.88. The van der Waals surface area contributed by atoms with Gasteiger partial charge in [-0.05, 0) is 62.2 Å². The van der Waals surface area contributed by atoms with Gasteiger partial charge in [0.25, 0.3) is 0 Å². The minimum absolute atomic E-state index is 0.160. The molecular formula is C30H27ClF3N3O5. The molecule has 220 valence electrons. The first-order valence-corrected chi connectivity index (χ1v) is 13.8. The Labute approximate surface area is 244 Å². The van der Waals surface area contributed by atoms with Crippen molar-refractivity contribution in [2.45, 2.75) is 38.0 Å². The van der Waals surface area contributed by atoms with E-state index < -0.39 is 24.5 Å². The highest BCUT2D eigenvalue weighted by Gasteiger charge is 2.31. The van der Waals surface area contributed by atoms with E-state index in [9.17, 15) is 23.1 Å². The van der Waals surface area contributed by atoms with E-state index in [4.69, 9.17) is 21.1 Å². The van der Waals surface area contributed by atoms with Crippen molar-refractivity contribution < 1.29 is 37.3 Å². The molecule has 1 fully saturated rings. The quantitative estimate of drug-likeness (QED) is 0.257. The third-order valence-corrected chi connectivity index (χ3v) is 8.10. The minimum Gasteiger partial charge on any atom is -0.485 e. The Kier molecular flexibility index (Phi) is 7.63. The number of hydrogen-bond acceptors (Lipinski definition) is 6. The number of carboxylic acid groups (broad SMARTS) is 1. The van der Waals surface area contributed by atoms with Crippen molar-refractivity contribution >= 4 is 28.6 Å². The summed E-state index contributed by atoms with van der Waals surface area (Å²) in [5.41, 5.74) is 1.81. The zero-order valence-corrected chi connectivity index (χ0v) is 23.3. The number of rotatable bonds is 7. The monoisotopic (exact) mass is 601 g/mol. The Bertz CT molecular complexity index is 1660. The lowest BCUT2D eigenvalue weighted by Gasteiger charge is -2.35. The van der Waals surface area contributed by atoms with Gasteiger partial charge in [-0.2, -0.15) is 8.78 Å². The van der Waals surface area contributed by atoms with Crippen molar-refractivity contribution in [3.8, 4) is 17.2 Å². The molecule has 4 aromatic rings. The molecule has 2 aliphatic rings. The summed E-state index contributed by atoms with van der Waals surface area (Å²) in [6, 6.07) is 12.8. The van der Waals surface area contributed by atoms with Crippen LogP contribution in [0.5, 0.6) is 17.2 Å². The average molecular weight is 602 g/mol. The van der Waals surface area contributed by atoms with E-state index in [1.807, 2.05) is 18.2 Å². The lowest BCUT2D eigenvalue weighted by Crippen LogP contribution is -2.33. The minimum atomic E-state index is -3.11. The van der Waals surface area contributed by atoms with Crippen LogP contribution in [0.4, 0.5) is 13.2 Å². The molecule has 0 bridgehead atoms. The highest BCUT2D eigenvalue weighted by Crippen LogP contribution is 2.45. The summed E-state index contributed by atoms with van der Waals surface area (Å²) >= 11 is 5.92. The van der Waals surface area contributed by atoms with Crippen LogP contribution in [0.1, 0.15) is 52.2 Å². The number of aryl methyl sites for hydroxylation is 1. The van der Waals surface area contributed by atoms with Crippen LogP contribution in [-0.2, 0) is 13.6 Å². The standard InChI is InChI=1S/C30H27ClF3N3O5/c1-36-22-11-17(29(38)39)12-24(42-30(33)34)27(22)35-26(36)14-37-9-7-16(8-10-37)19-3-2-4-23-28(19)41-25(15-40-23)20-6-5-18(31)13-21(20)32/h2-6,11-13,16,25,30H,7-10,14-15H2,1H3,(H,38,39)/t25-/m0/s1. The molecule has 1 atom stereocenters. The highest BCUT2D eigenvalue weighted by atomic mass is 35.5. The molecule has 3 aromatic carbocycles. The first-order chi connectivity index (χ1) is 20.2. The molecule has 2 aliphatic heterocycles. The molecule has 1 saturated heterocycles. The number of aromatic nitrogens is 2. The third kappa shape index (κ3) is 5.46. The molecule has 12 heteroatoms. The number of piperidine rings is 1. The summed E-state index contributed by atoms with van der Waals surface area (Å²) in [5.74, 6) is 0.0705. The molecule has 42 heavy (non-hydrogen) atoms. The fourth-order valence-electron chi connectivity index (χ4n) is 5.71. The Hall–Kier alpha value is -3.96. The van der Waals surface area contributed by atoms with Crippen LogP contribution in [-0.4, -0.2) is 51.8 Å². The lowest BCUT2D eigenvalue weighted by molar-refractivity contribution is -0.0489. The maximum Gasteiger partial charge on any atom is 0.387 e. The number of carboxylic acids is 1. The molecular weight excluding hydrogens is 575 g/mol. The number of carbonyl (C=O) groups is 1. The van der Waals surface area contributed by atoms with E-state index in [0.29, 0.717) is 40.0 Å². The largest absolute Gasteiger partial charge is 0.485 e. The number of halogens is 4. The van der Waals surface area contributed by atoms with Crippen molar-refractivity contribution in [3.05, 3.63) is 81.9 Å². The maximum atomic E-state index is 14.6. The van der Waals surface area contributed by atoms with Gasteiger partial charge in [0.05, 0.1) is 17.6 Å². The zero-order chi connectivity index (χ0) is 29.5. The molecule has 1 N–H and O–H groups in total. The van der Waals surface area contributed by atoms with E-state index >= 15 is 0 Å². The van der Waals surface area contributed by atoms with Crippen LogP contribution in [0.25, 0.3) is 11.0 Å². The van der Waals surface area contributed by atoms with Crippen molar-refractivity contribution in [1.82, 2.24) is 14.5 Å². The van der Waals surface area contributed by atoms with Crippen molar-refractivity contribution in [1.29, 1.82) is 0 Å². The van der Waals surface area contributed by atoms with Gasteiger partial charge in [-0.3, -0.25) is 4.90 Å². The fourth-order valence-corrected chi connectivity index (χ4v) is 5.87. The predicted octanol–water partition coefficient (Wildman–Crippen LogP) is 6.56. The summed E-state index contributed by atoms with van der Waals surface area (Å²) < 4.78 is 59.3. The number of fused-ring (bicyclic) bond motifs is 2. The first kappa shape index (κ1) is 28.2. The topological polar surface area (TPSA) is 86.0 Å². The molecule has 0 saturated carbocycles. The zero-order valence-electron chi connectivity index (χ0n) is 22.5. The van der Waals surface area contributed by atoms with Gasteiger partial charge >= 0.3 is 12.6 Å². The predicted molar refractivity (Wildman–Crippen MR) is 148 cm³/mol. The Morgan fingerprint density at radius 3 is 2.67 bits per heavy atom. The van der Waals surface area contributed by atoms with Gasteiger partial charge < -0.3 is 23.9 Å². The summed E-state index contributed by atoms with van der Waals surface area (Å²) in [6.07, 6.45) is 1.02. The Morgan fingerprint density at radius 2 is 1.95 bits per heavy atom. The maximum absolute atomic E-state index is 14.6. The van der Waals surface area contributed by atoms with Gasteiger partial charge in [0, 0.05) is 23.2 Å². The van der Waals surface area contributed by atoms with Crippen LogP contribution in [0.15, 0.2) is 48.5 Å². The number of ether oxygens (including phenoxy) is 3. The second-order valence-corrected chi connectivity index (χ2v) is 10.9. The SMILES string of the molecule is Cn1c(CN2CCC(c3cccc4c3O[C@H](c3ccc(Cl)cc3F)CO4)CC2)nc2c(OC(F)F)cc(C(=O)O)cc21. The van der Waals surface area contributed by atoms with E-state index in [1.54, 1.807) is 23.7 Å². The molecule has 0 radical (unpaired) electrons. The van der Waals surface area contributed by atoms with E-state index in [2.05, 4.69) is 14.6 Å². The van der Waals surface area contributed by atoms with Gasteiger partial charge in [-0.15, -0.1) is 0 Å². The third-order valence-electron chi connectivity index (χ3n) is 7.87. The van der Waals surface area contributed by atoms with E-state index in [-0.39, 0.29) is 29.4 Å². The molecule has 0 unspecified atom stereocenters. The number of imidazole rings is 1.